The van der Waals surface area contributed by atoms with E-state index in [0.717, 1.165) is 0 Å². The number of hydrogen-bond donors (Lipinski definition) is 2. The molecule has 0 saturated carbocycles. The van der Waals surface area contributed by atoms with Gasteiger partial charge in [0.25, 0.3) is 0 Å². The molecule has 3 aromatic carbocycles. The fourth-order valence-corrected chi connectivity index (χ4v) is 3.42. The highest BCUT2D eigenvalue weighted by Gasteiger charge is 2.43. The molecule has 0 bridgehead atoms. The number of nitrogens with two attached hydrogens (primary N) is 2. The predicted molar refractivity (Wildman–Crippen MR) is 113 cm³/mol. The second-order valence-corrected chi connectivity index (χ2v) is 8.22. The van der Waals surface area contributed by atoms with E-state index in [1.807, 2.05) is 0 Å². The molecule has 19 heteroatoms. The van der Waals surface area contributed by atoms with Crippen LogP contribution in [0.4, 0.5) is 77.2 Å². The van der Waals surface area contributed by atoms with E-state index in [1.54, 1.807) is 0 Å². The highest BCUT2D eigenvalue weighted by Crippen LogP contribution is 2.48. The highest BCUT2D eigenvalue weighted by molar-refractivity contribution is 5.60. The third-order valence-electron chi connectivity index (χ3n) is 5.23. The molecule has 0 radical (unpaired) electrons. The summed E-state index contributed by atoms with van der Waals surface area (Å²) in [7, 11) is 0. The molecule has 0 aliphatic carbocycles. The summed E-state index contributed by atoms with van der Waals surface area (Å²) < 4.78 is 210. The minimum absolute atomic E-state index is 0.0577. The van der Waals surface area contributed by atoms with Crippen molar-refractivity contribution in [1.29, 1.82) is 0 Å². The van der Waals surface area contributed by atoms with Crippen LogP contribution in [0.15, 0.2) is 42.5 Å². The molecule has 4 N–H and O–H groups in total. The van der Waals surface area contributed by atoms with Gasteiger partial charge in [0.05, 0.1) is 27.8 Å². The van der Waals surface area contributed by atoms with E-state index in [0.29, 0.717) is 6.07 Å². The summed E-state index contributed by atoms with van der Waals surface area (Å²) in [5.74, 6) is -5.77. The van der Waals surface area contributed by atoms with Crippen LogP contribution in [0.5, 0.6) is 23.0 Å². The molecule has 42 heavy (non-hydrogen) atoms. The Morgan fingerprint density at radius 2 is 0.714 bits per heavy atom. The molecule has 0 heterocycles. The van der Waals surface area contributed by atoms with E-state index < -0.39 is 105 Å². The first-order valence-electron chi connectivity index (χ1n) is 10.5. The normalized spacial score (nSPS) is 13.3. The summed E-state index contributed by atoms with van der Waals surface area (Å²) in [6.07, 6.45) is -27.4. The molecule has 0 aliphatic rings. The van der Waals surface area contributed by atoms with Gasteiger partial charge in [-0.05, 0) is 24.3 Å². The van der Waals surface area contributed by atoms with Gasteiger partial charge in [-0.25, -0.2) is 0 Å². The Morgan fingerprint density at radius 3 is 1.07 bits per heavy atom. The van der Waals surface area contributed by atoms with E-state index in [-0.39, 0.29) is 24.3 Å². The second kappa shape index (κ2) is 10.3. The van der Waals surface area contributed by atoms with Gasteiger partial charge in [-0.15, -0.1) is 0 Å². The largest absolute Gasteiger partial charge is 0.457 e. The lowest BCUT2D eigenvalue weighted by molar-refractivity contribution is -0.145. The first-order chi connectivity index (χ1) is 18.8. The summed E-state index contributed by atoms with van der Waals surface area (Å²) in [5, 5.41) is 0. The predicted octanol–water partition coefficient (Wildman–Crippen LogP) is 9.53. The number of nitrogen functional groups attached to an aromatic ring is 2. The Hall–Kier alpha value is -4.19. The summed E-state index contributed by atoms with van der Waals surface area (Å²) in [6, 6.07) is -0.474. The van der Waals surface area contributed by atoms with E-state index in [9.17, 15) is 65.9 Å². The van der Waals surface area contributed by atoms with Gasteiger partial charge in [0, 0.05) is 29.6 Å². The van der Waals surface area contributed by atoms with Crippen molar-refractivity contribution in [1.82, 2.24) is 0 Å². The van der Waals surface area contributed by atoms with Crippen molar-refractivity contribution in [2.45, 2.75) is 30.9 Å². The number of alkyl halides is 15. The monoisotopic (exact) mass is 632 g/mol. The van der Waals surface area contributed by atoms with Crippen LogP contribution >= 0.6 is 0 Å². The number of ether oxygens (including phenoxy) is 2. The number of benzene rings is 3. The number of hydrogen-bond acceptors (Lipinski definition) is 4. The summed E-state index contributed by atoms with van der Waals surface area (Å²) >= 11 is 0. The van der Waals surface area contributed by atoms with Gasteiger partial charge in [-0.1, -0.05) is 0 Å². The highest BCUT2D eigenvalue weighted by atomic mass is 19.4. The average molecular weight is 632 g/mol. The van der Waals surface area contributed by atoms with Crippen molar-refractivity contribution in [3.63, 3.8) is 0 Å². The third-order valence-corrected chi connectivity index (χ3v) is 5.23. The van der Waals surface area contributed by atoms with Crippen LogP contribution in [0.25, 0.3) is 0 Å². The maximum Gasteiger partial charge on any atom is 0.420 e. The fourth-order valence-electron chi connectivity index (χ4n) is 3.42. The quantitative estimate of drug-likeness (QED) is 0.222. The maximum atomic E-state index is 13.6. The number of anilines is 2. The average Bonchev–Trinajstić information content (AvgIpc) is 2.75. The van der Waals surface area contributed by atoms with Gasteiger partial charge in [0.1, 0.15) is 23.0 Å². The summed E-state index contributed by atoms with van der Waals surface area (Å²) in [4.78, 5) is 0. The molecule has 230 valence electrons. The topological polar surface area (TPSA) is 70.5 Å². The zero-order valence-corrected chi connectivity index (χ0v) is 19.7. The van der Waals surface area contributed by atoms with Crippen LogP contribution in [0.3, 0.4) is 0 Å². The van der Waals surface area contributed by atoms with Crippen LogP contribution in [0.2, 0.25) is 0 Å². The Balaban J connectivity index is 2.20. The molecule has 0 spiro atoms. The maximum absolute atomic E-state index is 13.6. The molecular weight excluding hydrogens is 621 g/mol. The lowest BCUT2D eigenvalue weighted by Gasteiger charge is -2.21. The van der Waals surface area contributed by atoms with Crippen molar-refractivity contribution in [2.75, 3.05) is 11.5 Å². The Bertz CT molecular complexity index is 1480. The minimum atomic E-state index is -5.64. The van der Waals surface area contributed by atoms with E-state index >= 15 is 0 Å². The molecule has 0 aromatic heterocycles. The number of halogens is 15. The van der Waals surface area contributed by atoms with Crippen molar-refractivity contribution in [2.24, 2.45) is 0 Å². The van der Waals surface area contributed by atoms with Gasteiger partial charge < -0.3 is 20.9 Å². The smallest absolute Gasteiger partial charge is 0.420 e. The van der Waals surface area contributed by atoms with Crippen LogP contribution < -0.4 is 20.9 Å². The van der Waals surface area contributed by atoms with Gasteiger partial charge in [-0.3, -0.25) is 0 Å². The van der Waals surface area contributed by atoms with Crippen molar-refractivity contribution < 1.29 is 75.3 Å². The molecule has 0 amide bonds. The molecule has 4 nitrogen and oxygen atoms in total. The van der Waals surface area contributed by atoms with Gasteiger partial charge in [0.15, 0.2) is 0 Å². The first kappa shape index (κ1) is 32.3. The Labute approximate surface area is 223 Å². The Morgan fingerprint density at radius 1 is 0.381 bits per heavy atom. The molecular formula is C23H11F15N2O2. The molecule has 0 unspecified atom stereocenters. The molecule has 0 atom stereocenters. The van der Waals surface area contributed by atoms with Crippen molar-refractivity contribution in [3.8, 4) is 23.0 Å². The van der Waals surface area contributed by atoms with E-state index in [4.69, 9.17) is 16.2 Å². The van der Waals surface area contributed by atoms with Crippen LogP contribution in [0.1, 0.15) is 27.8 Å². The zero-order chi connectivity index (χ0) is 32.2. The van der Waals surface area contributed by atoms with Gasteiger partial charge in [-0.2, -0.15) is 65.9 Å². The Kier molecular flexibility index (Phi) is 7.90. The van der Waals surface area contributed by atoms with Crippen LogP contribution in [-0.4, -0.2) is 0 Å². The van der Waals surface area contributed by atoms with Gasteiger partial charge in [0.2, 0.25) is 0 Å². The summed E-state index contributed by atoms with van der Waals surface area (Å²) in [5.41, 5.74) is -2.50. The van der Waals surface area contributed by atoms with Crippen molar-refractivity contribution in [3.05, 3.63) is 70.3 Å². The van der Waals surface area contributed by atoms with Crippen LogP contribution in [-0.2, 0) is 30.9 Å². The SMILES string of the molecule is Nc1cc(Oc2ccc(C(F)(F)F)c(Oc3cc(N)c(C(F)(F)F)cc3C(F)(F)F)c2)c(C(F)(F)F)cc1C(F)(F)F. The van der Waals surface area contributed by atoms with Crippen LogP contribution in [0, 0.1) is 0 Å². The van der Waals surface area contributed by atoms with Gasteiger partial charge >= 0.3 is 30.9 Å². The second-order valence-electron chi connectivity index (χ2n) is 8.22. The molecule has 0 saturated heterocycles. The summed E-state index contributed by atoms with van der Waals surface area (Å²) in [6.45, 7) is 0. The third kappa shape index (κ3) is 6.99. The first-order valence-corrected chi connectivity index (χ1v) is 10.5. The molecule has 3 rings (SSSR count). The molecule has 3 aromatic rings. The lowest BCUT2D eigenvalue weighted by atomic mass is 10.1. The standard InChI is InChI=1S/C23H11F15N2O2/c24-19(25,26)9-2-1-8(41-17-6-14(39)10(20(27,28)29)4-12(17)22(33,34)35)3-16(9)42-18-7-15(40)11(21(30,31)32)5-13(18)23(36,37)38/h1-7H,39-40H2. The van der Waals surface area contributed by atoms with E-state index in [1.165, 1.54) is 0 Å². The van der Waals surface area contributed by atoms with Crippen molar-refractivity contribution >= 4 is 11.4 Å². The fraction of sp³-hybridized carbons (Fsp3) is 0.217. The van der Waals surface area contributed by atoms with E-state index in [2.05, 4.69) is 4.74 Å². The minimum Gasteiger partial charge on any atom is -0.457 e. The molecule has 0 aliphatic heterocycles. The molecule has 0 fully saturated rings. The lowest BCUT2D eigenvalue weighted by Crippen LogP contribution is -2.15. The number of rotatable bonds is 4. The zero-order valence-electron chi connectivity index (χ0n) is 19.7.